The molecule has 166 valence electrons. The Kier molecular flexibility index (Phi) is 30.6. The second-order valence-electron chi connectivity index (χ2n) is 5.32. The van der Waals surface area contributed by atoms with Crippen molar-refractivity contribution >= 4 is 21.5 Å². The summed E-state index contributed by atoms with van der Waals surface area (Å²) in [6, 6.07) is 27.6. The molecule has 0 spiro atoms. The van der Waals surface area contributed by atoms with E-state index in [1.807, 2.05) is 30.3 Å². The van der Waals surface area contributed by atoms with Gasteiger partial charge < -0.3 is 52.0 Å². The van der Waals surface area contributed by atoms with Crippen molar-refractivity contribution in [2.75, 3.05) is 0 Å². The fourth-order valence-corrected chi connectivity index (χ4v) is 2.86. The molecule has 4 aromatic carbocycles. The van der Waals surface area contributed by atoms with Crippen molar-refractivity contribution in [2.24, 2.45) is 0 Å². The summed E-state index contributed by atoms with van der Waals surface area (Å²) < 4.78 is 0. The number of hydrogen-bond acceptors (Lipinski definition) is 0. The molecule has 1 heteroatoms. The first-order valence-corrected chi connectivity index (χ1v) is 7.63. The Morgan fingerprint density at radius 2 is 1.24 bits per heavy atom. The van der Waals surface area contributed by atoms with Gasteiger partial charge in [0.25, 0.3) is 0 Å². The van der Waals surface area contributed by atoms with E-state index in [0.29, 0.717) is 0 Å². The van der Waals surface area contributed by atoms with Gasteiger partial charge in [-0.05, 0) is 0 Å². The van der Waals surface area contributed by atoms with E-state index in [2.05, 4.69) is 55.5 Å². The Morgan fingerprint density at radius 3 is 1.76 bits per heavy atom. The average molecular weight is 556 g/mol. The molecule has 0 saturated carbocycles. The van der Waals surface area contributed by atoms with Gasteiger partial charge in [-0.25, -0.2) is 12.1 Å². The molecule has 0 fully saturated rings. The van der Waals surface area contributed by atoms with Crippen LogP contribution in [0.1, 0.15) is 18.9 Å². The van der Waals surface area contributed by atoms with Gasteiger partial charge in [0.2, 0.25) is 0 Å². The summed E-state index contributed by atoms with van der Waals surface area (Å²) in [5.41, 5.74) is 1.49. The minimum absolute atomic E-state index is 0. The minimum Gasteiger partial charge on any atom is -0.358 e. The molecule has 0 unspecified atom stereocenters. The zero-order chi connectivity index (χ0) is 14.5. The van der Waals surface area contributed by atoms with Crippen LogP contribution in [0.4, 0.5) is 0 Å². The van der Waals surface area contributed by atoms with E-state index in [-0.39, 0.29) is 77.8 Å². The maximum atomic E-state index is 2.28. The average Bonchev–Trinajstić information content (AvgIpc) is 3.20. The Labute approximate surface area is 202 Å². The van der Waals surface area contributed by atoms with Crippen molar-refractivity contribution in [1.29, 1.82) is 0 Å². The van der Waals surface area contributed by atoms with Crippen molar-refractivity contribution in [3.63, 3.8) is 0 Å². The Bertz CT molecular complexity index is 789. The van der Waals surface area contributed by atoms with Gasteiger partial charge in [-0.3, -0.25) is 0 Å². The zero-order valence-corrected chi connectivity index (χ0v) is 23.5. The molecule has 0 heterocycles. The standard InChI is InChI=1S/C16H15.C5H5.7CH3.Hf/c1-2-5-13-10-11-14-9-8-12-6-3-4-7-15(12)16(13)14;1-2-4-5-3-1;;;;;;;;/h3-4,6-11H,2,5H2,1H3;1-5H;7*1H3;/q9*-1;. The smallest absolute Gasteiger partial charge is 0 e. The Morgan fingerprint density at radius 1 is 0.690 bits per heavy atom. The third-order valence-corrected chi connectivity index (χ3v) is 3.82. The fourth-order valence-electron chi connectivity index (χ4n) is 2.86. The summed E-state index contributed by atoms with van der Waals surface area (Å²) in [6.45, 7) is 2.24. The Balaban J connectivity index is -0.0000000916. The molecule has 0 atom stereocenters. The van der Waals surface area contributed by atoms with Gasteiger partial charge in [0.05, 0.1) is 0 Å². The molecule has 4 rings (SSSR count). The number of aryl methyl sites for hydroxylation is 1. The van der Waals surface area contributed by atoms with Gasteiger partial charge in [-0.1, -0.05) is 60.9 Å². The monoisotopic (exact) mass is 557 g/mol. The van der Waals surface area contributed by atoms with E-state index in [0.717, 1.165) is 0 Å². The molecule has 0 aromatic heterocycles. The van der Waals surface area contributed by atoms with Crippen LogP contribution in [0.15, 0.2) is 78.9 Å². The Hall–Kier alpha value is -1.47. The first-order valence-electron chi connectivity index (χ1n) is 7.63. The molecule has 4 aromatic rings. The van der Waals surface area contributed by atoms with Crippen LogP contribution in [-0.2, 0) is 32.3 Å². The van der Waals surface area contributed by atoms with Gasteiger partial charge in [-0.15, -0.1) is 28.5 Å². The van der Waals surface area contributed by atoms with Crippen molar-refractivity contribution in [1.82, 2.24) is 0 Å². The summed E-state index contributed by atoms with van der Waals surface area (Å²) in [7, 11) is 0. The maximum Gasteiger partial charge on any atom is 0 e. The van der Waals surface area contributed by atoms with Gasteiger partial charge in [0, 0.05) is 25.8 Å². The number of rotatable bonds is 2. The van der Waals surface area contributed by atoms with E-state index >= 15 is 0 Å². The second-order valence-corrected chi connectivity index (χ2v) is 5.32. The van der Waals surface area contributed by atoms with Crippen LogP contribution in [0.2, 0.25) is 0 Å². The van der Waals surface area contributed by atoms with Gasteiger partial charge >= 0.3 is 0 Å². The van der Waals surface area contributed by atoms with Gasteiger partial charge in [0.15, 0.2) is 0 Å². The number of fused-ring (bicyclic) bond motifs is 3. The van der Waals surface area contributed by atoms with E-state index < -0.39 is 0 Å². The molecule has 29 heavy (non-hydrogen) atoms. The first kappa shape index (κ1) is 41.8. The van der Waals surface area contributed by atoms with Gasteiger partial charge in [0.1, 0.15) is 0 Å². The normalized spacial score (nSPS) is 7.62. The van der Waals surface area contributed by atoms with Crippen LogP contribution in [0, 0.1) is 52.0 Å². The first-order chi connectivity index (χ1) is 10.4. The van der Waals surface area contributed by atoms with E-state index in [1.165, 1.54) is 39.9 Å². The number of benzene rings is 2. The van der Waals surface area contributed by atoms with Crippen LogP contribution in [-0.4, -0.2) is 0 Å². The zero-order valence-electron chi connectivity index (χ0n) is 19.9. The van der Waals surface area contributed by atoms with Crippen LogP contribution in [0.3, 0.4) is 0 Å². The minimum atomic E-state index is 0. The van der Waals surface area contributed by atoms with Crippen LogP contribution >= 0.6 is 0 Å². The van der Waals surface area contributed by atoms with Crippen molar-refractivity contribution in [2.45, 2.75) is 19.8 Å². The third-order valence-electron chi connectivity index (χ3n) is 3.82. The second kappa shape index (κ2) is 21.2. The van der Waals surface area contributed by atoms with Crippen molar-refractivity contribution < 1.29 is 25.8 Å². The summed E-state index contributed by atoms with van der Waals surface area (Å²) >= 11 is 0. The summed E-state index contributed by atoms with van der Waals surface area (Å²) in [5, 5.41) is 5.58. The fraction of sp³-hybridized carbons (Fsp3) is 0.107. The summed E-state index contributed by atoms with van der Waals surface area (Å²) in [4.78, 5) is 0. The maximum absolute atomic E-state index is 2.28. The molecular formula is C28H41Hf-9. The molecule has 0 aliphatic heterocycles. The molecular weight excluding hydrogens is 515 g/mol. The number of hydrogen-bond donors (Lipinski definition) is 0. The molecule has 0 saturated heterocycles. The summed E-state index contributed by atoms with van der Waals surface area (Å²) in [5.74, 6) is 0. The largest absolute Gasteiger partial charge is 0.358 e. The van der Waals surface area contributed by atoms with Crippen molar-refractivity contribution in [3.8, 4) is 0 Å². The predicted octanol–water partition coefficient (Wildman–Crippen LogP) is 9.22. The molecule has 0 aliphatic carbocycles. The summed E-state index contributed by atoms with van der Waals surface area (Å²) in [6.07, 6.45) is 2.39. The van der Waals surface area contributed by atoms with Crippen LogP contribution in [0.25, 0.3) is 21.5 Å². The molecule has 0 radical (unpaired) electrons. The van der Waals surface area contributed by atoms with Crippen molar-refractivity contribution in [3.05, 3.63) is 136 Å². The van der Waals surface area contributed by atoms with Crippen LogP contribution < -0.4 is 0 Å². The predicted molar refractivity (Wildman–Crippen MR) is 138 cm³/mol. The molecule has 0 nitrogen and oxygen atoms in total. The van der Waals surface area contributed by atoms with E-state index in [9.17, 15) is 0 Å². The molecule has 0 amide bonds. The van der Waals surface area contributed by atoms with Gasteiger partial charge in [-0.2, -0.15) is 24.3 Å². The molecule has 0 bridgehead atoms. The third kappa shape index (κ3) is 10.2. The van der Waals surface area contributed by atoms with E-state index in [4.69, 9.17) is 0 Å². The van der Waals surface area contributed by atoms with Crippen LogP contribution in [0.5, 0.6) is 0 Å². The topological polar surface area (TPSA) is 0 Å². The molecule has 0 aliphatic rings. The SMILES string of the molecule is CCC[c-]1ccc2ccc3ccccc3c21.[CH3-].[CH3-].[CH3-].[CH3-].[CH3-].[CH3-].[CH3-].[Hf].c1cc[cH-]c1. The quantitative estimate of drug-likeness (QED) is 0.171. The van der Waals surface area contributed by atoms with E-state index in [1.54, 1.807) is 0 Å². The molecule has 0 N–H and O–H groups in total.